The van der Waals surface area contributed by atoms with Crippen LogP contribution < -0.4 is 0 Å². The van der Waals surface area contributed by atoms with Crippen molar-refractivity contribution < 1.29 is 14.6 Å². The second-order valence-electron chi connectivity index (χ2n) is 6.12. The molecule has 1 unspecified atom stereocenters. The lowest BCUT2D eigenvalue weighted by Gasteiger charge is -2.40. The molecule has 0 spiro atoms. The van der Waals surface area contributed by atoms with Crippen molar-refractivity contribution in [3.63, 3.8) is 0 Å². The molecule has 4 nitrogen and oxygen atoms in total. The van der Waals surface area contributed by atoms with E-state index in [1.807, 2.05) is 0 Å². The van der Waals surface area contributed by atoms with Gasteiger partial charge in [-0.15, -0.1) is 0 Å². The van der Waals surface area contributed by atoms with Gasteiger partial charge in [-0.1, -0.05) is 13.3 Å². The molecule has 0 bridgehead atoms. The normalized spacial score (nSPS) is 28.2. The minimum atomic E-state index is -0.595. The van der Waals surface area contributed by atoms with E-state index in [2.05, 4.69) is 11.8 Å². The molecule has 0 radical (unpaired) electrons. The fourth-order valence-electron chi connectivity index (χ4n) is 3.45. The van der Waals surface area contributed by atoms with Crippen molar-refractivity contribution in [2.45, 2.75) is 58.0 Å². The summed E-state index contributed by atoms with van der Waals surface area (Å²) < 4.78 is 5.77. The Hall–Kier alpha value is -0.610. The molecular formula is C15H27NO3. The van der Waals surface area contributed by atoms with Crippen LogP contribution >= 0.6 is 0 Å². The predicted octanol–water partition coefficient (Wildman–Crippen LogP) is 2.52. The summed E-state index contributed by atoms with van der Waals surface area (Å²) in [6, 6.07) is 0. The predicted molar refractivity (Wildman–Crippen MR) is 74.2 cm³/mol. The lowest BCUT2D eigenvalue weighted by molar-refractivity contribution is -0.153. The number of hydrogen-bond acceptors (Lipinski definition) is 3. The van der Waals surface area contributed by atoms with Crippen molar-refractivity contribution in [2.24, 2.45) is 5.41 Å². The molecular weight excluding hydrogens is 242 g/mol. The van der Waals surface area contributed by atoms with E-state index in [0.29, 0.717) is 6.10 Å². The summed E-state index contributed by atoms with van der Waals surface area (Å²) in [5.74, 6) is -0.595. The van der Waals surface area contributed by atoms with E-state index in [0.717, 1.165) is 58.3 Å². The van der Waals surface area contributed by atoms with Gasteiger partial charge in [0.2, 0.25) is 0 Å². The van der Waals surface area contributed by atoms with Crippen LogP contribution in [0.5, 0.6) is 0 Å². The van der Waals surface area contributed by atoms with Crippen LogP contribution in [-0.2, 0) is 9.53 Å². The Labute approximate surface area is 116 Å². The first kappa shape index (κ1) is 14.8. The number of carbonyl (C=O) groups is 1. The minimum absolute atomic E-state index is 0.372. The van der Waals surface area contributed by atoms with Gasteiger partial charge >= 0.3 is 5.97 Å². The maximum Gasteiger partial charge on any atom is 0.309 e. The monoisotopic (exact) mass is 269 g/mol. The maximum atomic E-state index is 11.5. The summed E-state index contributed by atoms with van der Waals surface area (Å²) in [4.78, 5) is 13.9. The van der Waals surface area contributed by atoms with Crippen LogP contribution in [-0.4, -0.2) is 48.3 Å². The van der Waals surface area contributed by atoms with Crippen molar-refractivity contribution in [1.82, 2.24) is 4.90 Å². The standard InChI is InChI=1S/C15H27NO3/c1-2-6-15(14(17)18)7-9-16(10-8-15)12-13-5-3-4-11-19-13/h13H,2-12H2,1H3,(H,17,18). The number of carboxylic acids is 1. The molecule has 0 aromatic heterocycles. The molecule has 2 heterocycles. The molecule has 1 N–H and O–H groups in total. The van der Waals surface area contributed by atoms with E-state index in [9.17, 15) is 9.90 Å². The number of rotatable bonds is 5. The highest BCUT2D eigenvalue weighted by Gasteiger charge is 2.40. The third kappa shape index (κ3) is 3.69. The highest BCUT2D eigenvalue weighted by atomic mass is 16.5. The molecule has 0 saturated carbocycles. The zero-order valence-electron chi connectivity index (χ0n) is 12.1. The summed E-state index contributed by atoms with van der Waals surface area (Å²) in [6.07, 6.45) is 7.36. The van der Waals surface area contributed by atoms with Crippen LogP contribution in [0.15, 0.2) is 0 Å². The van der Waals surface area contributed by atoms with Gasteiger partial charge in [0, 0.05) is 13.2 Å². The highest BCUT2D eigenvalue weighted by molar-refractivity contribution is 5.74. The largest absolute Gasteiger partial charge is 0.481 e. The van der Waals surface area contributed by atoms with Gasteiger partial charge < -0.3 is 14.7 Å². The van der Waals surface area contributed by atoms with E-state index in [1.165, 1.54) is 12.8 Å². The second-order valence-corrected chi connectivity index (χ2v) is 6.12. The van der Waals surface area contributed by atoms with E-state index < -0.39 is 11.4 Å². The lowest BCUT2D eigenvalue weighted by Crippen LogP contribution is -2.47. The fourth-order valence-corrected chi connectivity index (χ4v) is 3.45. The van der Waals surface area contributed by atoms with Gasteiger partial charge in [0.15, 0.2) is 0 Å². The molecule has 2 fully saturated rings. The zero-order valence-corrected chi connectivity index (χ0v) is 12.1. The Balaban J connectivity index is 1.81. The molecule has 0 amide bonds. The molecule has 19 heavy (non-hydrogen) atoms. The molecule has 0 aromatic carbocycles. The Kier molecular flexibility index (Phi) is 5.22. The van der Waals surface area contributed by atoms with E-state index >= 15 is 0 Å². The highest BCUT2D eigenvalue weighted by Crippen LogP contribution is 2.36. The molecule has 1 atom stereocenters. The number of piperidine rings is 1. The number of ether oxygens (including phenoxy) is 1. The number of aliphatic carboxylic acids is 1. The Bertz CT molecular complexity index is 292. The Morgan fingerprint density at radius 3 is 2.63 bits per heavy atom. The van der Waals surface area contributed by atoms with Gasteiger partial charge in [0.25, 0.3) is 0 Å². The summed E-state index contributed by atoms with van der Waals surface area (Å²) in [5, 5.41) is 9.48. The first-order valence-corrected chi connectivity index (χ1v) is 7.74. The first-order valence-electron chi connectivity index (χ1n) is 7.74. The van der Waals surface area contributed by atoms with Gasteiger partial charge in [-0.2, -0.15) is 0 Å². The molecule has 2 aliphatic heterocycles. The van der Waals surface area contributed by atoms with Gasteiger partial charge in [0.1, 0.15) is 0 Å². The average Bonchev–Trinajstić information content (AvgIpc) is 2.42. The average molecular weight is 269 g/mol. The molecule has 2 aliphatic rings. The van der Waals surface area contributed by atoms with Gasteiger partial charge in [-0.3, -0.25) is 4.79 Å². The first-order chi connectivity index (χ1) is 9.16. The topological polar surface area (TPSA) is 49.8 Å². The van der Waals surface area contributed by atoms with Gasteiger partial charge in [-0.05, 0) is 51.6 Å². The van der Waals surface area contributed by atoms with Gasteiger partial charge in [-0.25, -0.2) is 0 Å². The lowest BCUT2D eigenvalue weighted by atomic mass is 9.75. The smallest absolute Gasteiger partial charge is 0.309 e. The summed E-state index contributed by atoms with van der Waals surface area (Å²) in [6.45, 7) is 5.78. The Morgan fingerprint density at radius 2 is 2.11 bits per heavy atom. The van der Waals surface area contributed by atoms with Crippen molar-refractivity contribution in [3.05, 3.63) is 0 Å². The van der Waals surface area contributed by atoms with Crippen LogP contribution in [0.1, 0.15) is 51.9 Å². The maximum absolute atomic E-state index is 11.5. The zero-order chi connectivity index (χ0) is 13.7. The second kappa shape index (κ2) is 6.71. The van der Waals surface area contributed by atoms with Crippen LogP contribution in [0.25, 0.3) is 0 Å². The number of carboxylic acid groups (broad SMARTS) is 1. The van der Waals surface area contributed by atoms with Crippen LogP contribution in [0.2, 0.25) is 0 Å². The molecule has 2 saturated heterocycles. The van der Waals surface area contributed by atoms with Crippen molar-refractivity contribution in [2.75, 3.05) is 26.2 Å². The van der Waals surface area contributed by atoms with Crippen LogP contribution in [0.3, 0.4) is 0 Å². The van der Waals surface area contributed by atoms with Crippen molar-refractivity contribution >= 4 is 5.97 Å². The van der Waals surface area contributed by atoms with Crippen LogP contribution in [0, 0.1) is 5.41 Å². The number of nitrogens with zero attached hydrogens (tertiary/aromatic N) is 1. The summed E-state index contributed by atoms with van der Waals surface area (Å²) in [7, 11) is 0. The Morgan fingerprint density at radius 1 is 1.37 bits per heavy atom. The van der Waals surface area contributed by atoms with Gasteiger partial charge in [0.05, 0.1) is 11.5 Å². The van der Waals surface area contributed by atoms with Crippen LogP contribution in [0.4, 0.5) is 0 Å². The summed E-state index contributed by atoms with van der Waals surface area (Å²) in [5.41, 5.74) is -0.460. The SMILES string of the molecule is CCCC1(C(=O)O)CCN(CC2CCCCO2)CC1. The van der Waals surface area contributed by atoms with Crippen molar-refractivity contribution in [1.29, 1.82) is 0 Å². The third-order valence-corrected chi connectivity index (χ3v) is 4.73. The minimum Gasteiger partial charge on any atom is -0.481 e. The molecule has 0 aliphatic carbocycles. The quantitative estimate of drug-likeness (QED) is 0.833. The third-order valence-electron chi connectivity index (χ3n) is 4.73. The van der Waals surface area contributed by atoms with E-state index in [1.54, 1.807) is 0 Å². The summed E-state index contributed by atoms with van der Waals surface area (Å²) >= 11 is 0. The van der Waals surface area contributed by atoms with E-state index in [-0.39, 0.29) is 0 Å². The number of hydrogen-bond donors (Lipinski definition) is 1. The molecule has 4 heteroatoms. The number of likely N-dealkylation sites (tertiary alicyclic amines) is 1. The van der Waals surface area contributed by atoms with Crippen molar-refractivity contribution in [3.8, 4) is 0 Å². The fraction of sp³-hybridized carbons (Fsp3) is 0.933. The molecule has 110 valence electrons. The molecule has 2 rings (SSSR count). The molecule has 0 aromatic rings. The van der Waals surface area contributed by atoms with E-state index in [4.69, 9.17) is 4.74 Å².